The summed E-state index contributed by atoms with van der Waals surface area (Å²) in [5, 5.41) is 8.05. The van der Waals surface area contributed by atoms with Crippen molar-refractivity contribution in [3.05, 3.63) is 38.9 Å². The predicted octanol–water partition coefficient (Wildman–Crippen LogP) is 3.75. The van der Waals surface area contributed by atoms with Gasteiger partial charge in [0.25, 0.3) is 5.91 Å². The Balaban J connectivity index is 2.20. The number of amides is 1. The number of alkyl halides is 3. The molecule has 0 saturated heterocycles. The van der Waals surface area contributed by atoms with Crippen LogP contribution >= 0.6 is 22.9 Å². The number of hydrazone groups is 1. The lowest BCUT2D eigenvalue weighted by Crippen LogP contribution is -2.13. The molecule has 6 nitrogen and oxygen atoms in total. The molecule has 0 aliphatic heterocycles. The Hall–Kier alpha value is -2.20. The van der Waals surface area contributed by atoms with Gasteiger partial charge < -0.3 is 10.3 Å². The average Bonchev–Trinajstić information content (AvgIpc) is 2.97. The monoisotopic (exact) mass is 391 g/mol. The molecule has 25 heavy (non-hydrogen) atoms. The molecule has 0 fully saturated rings. The van der Waals surface area contributed by atoms with Gasteiger partial charge in [0, 0.05) is 20.3 Å². The van der Waals surface area contributed by atoms with Gasteiger partial charge in [0.05, 0.1) is 22.5 Å². The maximum atomic E-state index is 12.8. The quantitative estimate of drug-likeness (QED) is 0.636. The van der Waals surface area contributed by atoms with Crippen LogP contribution in [0.15, 0.2) is 23.6 Å². The second kappa shape index (κ2) is 7.36. The van der Waals surface area contributed by atoms with Gasteiger partial charge in [-0.2, -0.15) is 18.3 Å². The Morgan fingerprint density at radius 2 is 2.00 bits per heavy atom. The number of nitrogens with zero attached hydrogens (tertiary/aromatic N) is 4. The number of hydrogen-bond donors (Lipinski definition) is 1. The first-order valence-corrected chi connectivity index (χ1v) is 8.00. The highest BCUT2D eigenvalue weighted by molar-refractivity contribution is 7.15. The van der Waals surface area contributed by atoms with Crippen LogP contribution < -0.4 is 5.32 Å². The summed E-state index contributed by atoms with van der Waals surface area (Å²) in [6.07, 6.45) is -2.48. The summed E-state index contributed by atoms with van der Waals surface area (Å²) in [4.78, 5) is 20.2. The molecule has 0 unspecified atom stereocenters. The molecule has 0 radical (unpaired) electrons. The van der Waals surface area contributed by atoms with E-state index in [2.05, 4.69) is 20.4 Å². The highest BCUT2D eigenvalue weighted by Gasteiger charge is 2.34. The summed E-state index contributed by atoms with van der Waals surface area (Å²) in [5.41, 5.74) is -0.462. The molecule has 0 spiro atoms. The highest BCUT2D eigenvalue weighted by atomic mass is 35.5. The molecule has 134 valence electrons. The van der Waals surface area contributed by atoms with E-state index in [9.17, 15) is 18.0 Å². The van der Waals surface area contributed by atoms with E-state index in [1.54, 1.807) is 26.0 Å². The number of carbonyl (C=O) groups is 1. The normalized spacial score (nSPS) is 12.2. The van der Waals surface area contributed by atoms with E-state index < -0.39 is 22.7 Å². The van der Waals surface area contributed by atoms with Crippen LogP contribution in [-0.2, 0) is 6.18 Å². The molecule has 2 aromatic heterocycles. The first-order chi connectivity index (χ1) is 11.6. The van der Waals surface area contributed by atoms with E-state index in [0.717, 1.165) is 17.5 Å². The Morgan fingerprint density at radius 1 is 1.32 bits per heavy atom. The summed E-state index contributed by atoms with van der Waals surface area (Å²) < 4.78 is 38.5. The van der Waals surface area contributed by atoms with Gasteiger partial charge in [-0.15, -0.1) is 11.3 Å². The molecule has 0 atom stereocenters. The molecule has 2 aromatic rings. The van der Waals surface area contributed by atoms with Crippen molar-refractivity contribution in [2.75, 3.05) is 19.4 Å². The molecule has 0 aromatic carbocycles. The lowest BCUT2D eigenvalue weighted by atomic mass is 10.2. The van der Waals surface area contributed by atoms with Crippen molar-refractivity contribution in [3.8, 4) is 0 Å². The number of anilines is 1. The fourth-order valence-electron chi connectivity index (χ4n) is 1.79. The van der Waals surface area contributed by atoms with Crippen LogP contribution in [0.1, 0.15) is 27.2 Å². The zero-order valence-corrected chi connectivity index (χ0v) is 14.9. The zero-order chi connectivity index (χ0) is 18.8. The first-order valence-electron chi connectivity index (χ1n) is 6.80. The van der Waals surface area contributed by atoms with Crippen LogP contribution in [0.3, 0.4) is 0 Å². The molecule has 0 bridgehead atoms. The first kappa shape index (κ1) is 19.1. The summed E-state index contributed by atoms with van der Waals surface area (Å²) in [5.74, 6) is -0.875. The molecule has 0 aliphatic carbocycles. The van der Waals surface area contributed by atoms with Crippen molar-refractivity contribution in [1.82, 2.24) is 15.0 Å². The minimum absolute atomic E-state index is 0.216. The van der Waals surface area contributed by atoms with Crippen LogP contribution in [0.2, 0.25) is 5.02 Å². The van der Waals surface area contributed by atoms with Gasteiger partial charge >= 0.3 is 6.18 Å². The molecule has 1 amide bonds. The Labute approximate surface area is 150 Å². The summed E-state index contributed by atoms with van der Waals surface area (Å²) in [7, 11) is 3.49. The third-order valence-corrected chi connectivity index (χ3v) is 4.20. The number of carbonyl (C=O) groups excluding carboxylic acids is 1. The van der Waals surface area contributed by atoms with E-state index in [4.69, 9.17) is 11.6 Å². The van der Waals surface area contributed by atoms with Crippen molar-refractivity contribution < 1.29 is 18.0 Å². The number of halogens is 4. The van der Waals surface area contributed by atoms with Crippen molar-refractivity contribution in [1.29, 1.82) is 0 Å². The second-order valence-electron chi connectivity index (χ2n) is 5.06. The Kier molecular flexibility index (Phi) is 5.63. The maximum Gasteiger partial charge on any atom is 0.418 e. The van der Waals surface area contributed by atoms with Crippen LogP contribution in [0.25, 0.3) is 0 Å². The molecule has 11 heteroatoms. The largest absolute Gasteiger partial charge is 0.418 e. The minimum atomic E-state index is -4.64. The molecular weight excluding hydrogens is 379 g/mol. The number of rotatable bonds is 4. The van der Waals surface area contributed by atoms with Gasteiger partial charge in [0.2, 0.25) is 0 Å². The van der Waals surface area contributed by atoms with Gasteiger partial charge in [-0.3, -0.25) is 4.79 Å². The van der Waals surface area contributed by atoms with Crippen LogP contribution in [-0.4, -0.2) is 40.7 Å². The molecule has 2 rings (SSSR count). The minimum Gasteiger partial charge on any atom is -0.306 e. The van der Waals surface area contributed by atoms with Crippen molar-refractivity contribution >= 4 is 40.4 Å². The summed E-state index contributed by atoms with van der Waals surface area (Å²) in [6, 6.07) is 0.681. The Morgan fingerprint density at radius 3 is 2.60 bits per heavy atom. The number of thiazole rings is 1. The number of nitrogens with one attached hydrogen (secondary N) is 1. The van der Waals surface area contributed by atoms with Gasteiger partial charge in [0.1, 0.15) is 15.7 Å². The summed E-state index contributed by atoms with van der Waals surface area (Å²) in [6.45, 7) is 1.73. The predicted molar refractivity (Wildman–Crippen MR) is 90.2 cm³/mol. The standard InChI is InChI=1S/C14H13ClF3N5OS/c1-7(22-23(2)3)13-20-6-10(25-13)12(24)21-11-4-8(14(16,17)18)9(15)5-19-11/h4-6H,1-3H3,(H,19,21,24)/b22-7+. The Bertz CT molecular complexity index is 819. The smallest absolute Gasteiger partial charge is 0.306 e. The highest BCUT2D eigenvalue weighted by Crippen LogP contribution is 2.35. The van der Waals surface area contributed by atoms with E-state index in [1.165, 1.54) is 6.20 Å². The third-order valence-electron chi connectivity index (χ3n) is 2.79. The number of hydrogen-bond acceptors (Lipinski definition) is 6. The van der Waals surface area contributed by atoms with E-state index in [1.807, 2.05) is 0 Å². The van der Waals surface area contributed by atoms with Gasteiger partial charge in [-0.25, -0.2) is 9.97 Å². The van der Waals surface area contributed by atoms with E-state index >= 15 is 0 Å². The fourth-order valence-corrected chi connectivity index (χ4v) is 2.75. The van der Waals surface area contributed by atoms with Crippen LogP contribution in [0.5, 0.6) is 0 Å². The molecule has 1 N–H and O–H groups in total. The number of aromatic nitrogens is 2. The van der Waals surface area contributed by atoms with Gasteiger partial charge in [0.15, 0.2) is 0 Å². The second-order valence-corrected chi connectivity index (χ2v) is 6.50. The topological polar surface area (TPSA) is 70.5 Å². The van der Waals surface area contributed by atoms with Crippen molar-refractivity contribution in [2.24, 2.45) is 5.10 Å². The van der Waals surface area contributed by atoms with Crippen molar-refractivity contribution in [2.45, 2.75) is 13.1 Å². The van der Waals surface area contributed by atoms with E-state index in [-0.39, 0.29) is 10.7 Å². The fraction of sp³-hybridized carbons (Fsp3) is 0.286. The third kappa shape index (κ3) is 4.89. The molecular formula is C14H13ClF3N5OS. The average molecular weight is 392 g/mol. The van der Waals surface area contributed by atoms with Crippen LogP contribution in [0.4, 0.5) is 19.0 Å². The molecule has 2 heterocycles. The molecule has 0 saturated carbocycles. The zero-order valence-electron chi connectivity index (χ0n) is 13.3. The van der Waals surface area contributed by atoms with Gasteiger partial charge in [-0.05, 0) is 13.0 Å². The van der Waals surface area contributed by atoms with E-state index in [0.29, 0.717) is 16.8 Å². The SMILES string of the molecule is C/C(=N\N(C)C)c1ncc(C(=O)Nc2cc(C(F)(F)F)c(Cl)cn2)s1. The van der Waals surface area contributed by atoms with Crippen LogP contribution in [0, 0.1) is 0 Å². The molecule has 0 aliphatic rings. The van der Waals surface area contributed by atoms with Crippen molar-refractivity contribution in [3.63, 3.8) is 0 Å². The van der Waals surface area contributed by atoms with Gasteiger partial charge in [-0.1, -0.05) is 11.6 Å². The lowest BCUT2D eigenvalue weighted by molar-refractivity contribution is -0.137. The summed E-state index contributed by atoms with van der Waals surface area (Å²) >= 11 is 6.56. The maximum absolute atomic E-state index is 12.8. The lowest BCUT2D eigenvalue weighted by Gasteiger charge is -2.10. The number of pyridine rings is 1.